The van der Waals surface area contributed by atoms with Gasteiger partial charge in [0.05, 0.1) is 26.5 Å². The van der Waals surface area contributed by atoms with Crippen molar-refractivity contribution >= 4 is 5.78 Å². The summed E-state index contributed by atoms with van der Waals surface area (Å²) >= 11 is 0. The zero-order chi connectivity index (χ0) is 22.8. The fraction of sp³-hybridized carbons (Fsp3) is 0.321. The SMILES string of the molecule is COC1=CC(=O)C[C@]2(c3cccc(OC)c3)CCN(Cc3ccccc3)[C@@H](c3ccco3)[C@H]12. The summed E-state index contributed by atoms with van der Waals surface area (Å²) in [5.74, 6) is 2.42. The fourth-order valence-electron chi connectivity index (χ4n) is 5.73. The molecule has 5 rings (SSSR count). The van der Waals surface area contributed by atoms with E-state index in [1.165, 1.54) is 5.56 Å². The topological polar surface area (TPSA) is 51.9 Å². The normalized spacial score (nSPS) is 25.3. The Morgan fingerprint density at radius 1 is 1.03 bits per heavy atom. The number of hydrogen-bond donors (Lipinski definition) is 0. The molecule has 5 heteroatoms. The van der Waals surface area contributed by atoms with Crippen LogP contribution in [-0.4, -0.2) is 31.4 Å². The van der Waals surface area contributed by atoms with Gasteiger partial charge in [-0.3, -0.25) is 9.69 Å². The van der Waals surface area contributed by atoms with E-state index >= 15 is 0 Å². The molecular formula is C28H29NO4. The number of piperidine rings is 1. The molecule has 2 heterocycles. The summed E-state index contributed by atoms with van der Waals surface area (Å²) in [6, 6.07) is 22.5. The lowest BCUT2D eigenvalue weighted by Crippen LogP contribution is -2.54. The van der Waals surface area contributed by atoms with Crippen molar-refractivity contribution in [2.75, 3.05) is 20.8 Å². The molecule has 1 saturated heterocycles. The van der Waals surface area contributed by atoms with Crippen molar-refractivity contribution in [2.24, 2.45) is 5.92 Å². The van der Waals surface area contributed by atoms with E-state index in [0.29, 0.717) is 12.2 Å². The van der Waals surface area contributed by atoms with Gasteiger partial charge in [0.15, 0.2) is 5.78 Å². The predicted molar refractivity (Wildman–Crippen MR) is 126 cm³/mol. The summed E-state index contributed by atoms with van der Waals surface area (Å²) in [5.41, 5.74) is 1.95. The first kappa shape index (κ1) is 21.5. The van der Waals surface area contributed by atoms with E-state index in [2.05, 4.69) is 41.3 Å². The van der Waals surface area contributed by atoms with Crippen molar-refractivity contribution in [1.29, 1.82) is 0 Å². The fourth-order valence-corrected chi connectivity index (χ4v) is 5.73. The van der Waals surface area contributed by atoms with Crippen LogP contribution >= 0.6 is 0 Å². The summed E-state index contributed by atoms with van der Waals surface area (Å²) < 4.78 is 17.4. The van der Waals surface area contributed by atoms with Gasteiger partial charge in [0.25, 0.3) is 0 Å². The summed E-state index contributed by atoms with van der Waals surface area (Å²) in [5, 5.41) is 0. The summed E-state index contributed by atoms with van der Waals surface area (Å²) in [4.78, 5) is 15.4. The van der Waals surface area contributed by atoms with E-state index in [1.54, 1.807) is 26.6 Å². The molecule has 1 fully saturated rings. The molecule has 0 amide bonds. The van der Waals surface area contributed by atoms with E-state index in [1.807, 2.05) is 30.3 Å². The van der Waals surface area contributed by atoms with Crippen molar-refractivity contribution in [3.8, 4) is 5.75 Å². The van der Waals surface area contributed by atoms with Crippen LogP contribution in [0, 0.1) is 5.92 Å². The molecule has 0 bridgehead atoms. The molecule has 1 aliphatic heterocycles. The van der Waals surface area contributed by atoms with Crippen LogP contribution in [0.15, 0.2) is 89.2 Å². The molecule has 0 unspecified atom stereocenters. The van der Waals surface area contributed by atoms with Gasteiger partial charge < -0.3 is 13.9 Å². The standard InChI is InChI=1S/C28H29NO4/c1-31-23-11-6-10-21(16-23)28-13-14-29(19-20-8-4-3-5-9-20)27(24-12-7-15-33-24)26(28)25(32-2)17-22(30)18-28/h3-12,15-17,26-27H,13-14,18-19H2,1-2H3/t26-,27-,28-/m0/s1. The number of nitrogens with zero attached hydrogens (tertiary/aromatic N) is 1. The Morgan fingerprint density at radius 3 is 2.61 bits per heavy atom. The van der Waals surface area contributed by atoms with Crippen LogP contribution in [0.5, 0.6) is 5.75 Å². The Labute approximate surface area is 194 Å². The summed E-state index contributed by atoms with van der Waals surface area (Å²) in [6.45, 7) is 1.63. The number of furan rings is 1. The maximum absolute atomic E-state index is 13.0. The lowest BCUT2D eigenvalue weighted by molar-refractivity contribution is -0.120. The number of rotatable bonds is 6. The minimum absolute atomic E-state index is 0.0699. The van der Waals surface area contributed by atoms with Gasteiger partial charge in [-0.25, -0.2) is 0 Å². The minimum atomic E-state index is -0.406. The van der Waals surface area contributed by atoms with Gasteiger partial charge in [-0.2, -0.15) is 0 Å². The van der Waals surface area contributed by atoms with Gasteiger partial charge in [-0.05, 0) is 41.8 Å². The maximum Gasteiger partial charge on any atom is 0.159 e. The van der Waals surface area contributed by atoms with Crippen LogP contribution in [0.25, 0.3) is 0 Å². The summed E-state index contributed by atoms with van der Waals surface area (Å²) in [7, 11) is 3.34. The lowest BCUT2D eigenvalue weighted by Gasteiger charge is -2.54. The zero-order valence-corrected chi connectivity index (χ0v) is 19.1. The number of carbonyl (C=O) groups is 1. The first-order valence-corrected chi connectivity index (χ1v) is 11.4. The van der Waals surface area contributed by atoms with E-state index in [9.17, 15) is 4.79 Å². The number of fused-ring (bicyclic) bond motifs is 1. The number of carbonyl (C=O) groups excluding carboxylic acids is 1. The molecule has 2 aromatic carbocycles. The van der Waals surface area contributed by atoms with Crippen LogP contribution < -0.4 is 4.74 Å². The highest BCUT2D eigenvalue weighted by molar-refractivity contribution is 5.92. The number of ketones is 1. The molecule has 3 atom stereocenters. The molecule has 170 valence electrons. The van der Waals surface area contributed by atoms with Crippen LogP contribution in [0.4, 0.5) is 0 Å². The molecule has 0 spiro atoms. The van der Waals surface area contributed by atoms with Crippen molar-refractivity contribution in [3.05, 3.63) is 102 Å². The first-order chi connectivity index (χ1) is 16.1. The highest BCUT2D eigenvalue weighted by atomic mass is 16.5. The Morgan fingerprint density at radius 2 is 1.88 bits per heavy atom. The van der Waals surface area contributed by atoms with E-state index < -0.39 is 5.41 Å². The average molecular weight is 444 g/mol. The molecule has 33 heavy (non-hydrogen) atoms. The molecule has 1 aromatic heterocycles. The number of ether oxygens (including phenoxy) is 2. The van der Waals surface area contributed by atoms with Crippen LogP contribution in [-0.2, 0) is 21.5 Å². The molecule has 0 saturated carbocycles. The van der Waals surface area contributed by atoms with Crippen LogP contribution in [0.1, 0.15) is 35.8 Å². The van der Waals surface area contributed by atoms with E-state index in [-0.39, 0.29) is 17.7 Å². The van der Waals surface area contributed by atoms with Gasteiger partial charge in [-0.1, -0.05) is 42.5 Å². The quantitative estimate of drug-likeness (QED) is 0.518. The molecular weight excluding hydrogens is 414 g/mol. The molecule has 3 aromatic rings. The third kappa shape index (κ3) is 3.87. The molecule has 1 aliphatic carbocycles. The van der Waals surface area contributed by atoms with Crippen molar-refractivity contribution in [3.63, 3.8) is 0 Å². The molecule has 0 N–H and O–H groups in total. The summed E-state index contributed by atoms with van der Waals surface area (Å²) in [6.07, 6.45) is 4.68. The predicted octanol–water partition coefficient (Wildman–Crippen LogP) is 5.29. The lowest BCUT2D eigenvalue weighted by atomic mass is 9.57. The van der Waals surface area contributed by atoms with Gasteiger partial charge in [0.2, 0.25) is 0 Å². The third-order valence-electron chi connectivity index (χ3n) is 7.19. The highest BCUT2D eigenvalue weighted by Gasteiger charge is 2.55. The molecule has 5 nitrogen and oxygen atoms in total. The zero-order valence-electron chi connectivity index (χ0n) is 19.1. The van der Waals surface area contributed by atoms with Gasteiger partial charge in [0.1, 0.15) is 17.3 Å². The number of benzene rings is 2. The first-order valence-electron chi connectivity index (χ1n) is 11.4. The van der Waals surface area contributed by atoms with Gasteiger partial charge in [0, 0.05) is 36.9 Å². The highest BCUT2D eigenvalue weighted by Crippen LogP contribution is 2.56. The Bertz CT molecular complexity index is 1140. The number of likely N-dealkylation sites (tertiary alicyclic amines) is 1. The van der Waals surface area contributed by atoms with E-state index in [0.717, 1.165) is 36.6 Å². The Kier molecular flexibility index (Phi) is 5.81. The van der Waals surface area contributed by atoms with Crippen LogP contribution in [0.2, 0.25) is 0 Å². The average Bonchev–Trinajstić information content (AvgIpc) is 3.39. The van der Waals surface area contributed by atoms with Crippen molar-refractivity contribution in [1.82, 2.24) is 4.90 Å². The molecule has 2 aliphatic rings. The smallest absolute Gasteiger partial charge is 0.159 e. The van der Waals surface area contributed by atoms with Crippen LogP contribution in [0.3, 0.4) is 0 Å². The maximum atomic E-state index is 13.0. The number of allylic oxidation sites excluding steroid dienone is 1. The minimum Gasteiger partial charge on any atom is -0.501 e. The van der Waals surface area contributed by atoms with Crippen molar-refractivity contribution in [2.45, 2.75) is 30.8 Å². The third-order valence-corrected chi connectivity index (χ3v) is 7.19. The number of methoxy groups -OCH3 is 2. The molecule has 0 radical (unpaired) electrons. The van der Waals surface area contributed by atoms with Gasteiger partial charge in [-0.15, -0.1) is 0 Å². The van der Waals surface area contributed by atoms with Gasteiger partial charge >= 0.3 is 0 Å². The Balaban J connectivity index is 1.66. The number of hydrogen-bond acceptors (Lipinski definition) is 5. The van der Waals surface area contributed by atoms with Crippen molar-refractivity contribution < 1.29 is 18.7 Å². The largest absolute Gasteiger partial charge is 0.501 e. The second kappa shape index (κ2) is 8.91. The Hall–Kier alpha value is -3.31. The monoisotopic (exact) mass is 443 g/mol. The second-order valence-corrected chi connectivity index (χ2v) is 8.93. The van der Waals surface area contributed by atoms with E-state index in [4.69, 9.17) is 13.9 Å². The second-order valence-electron chi connectivity index (χ2n) is 8.93.